The molecular formula is C29H26N2O2S2. The van der Waals surface area contributed by atoms with E-state index in [1.54, 1.807) is 4.57 Å². The van der Waals surface area contributed by atoms with Gasteiger partial charge >= 0.3 is 0 Å². The Hall–Kier alpha value is -2.96. The molecule has 0 unspecified atom stereocenters. The number of carbonyl (C=O) groups excluding carboxylic acids is 1. The zero-order valence-corrected chi connectivity index (χ0v) is 21.3. The van der Waals surface area contributed by atoms with Crippen LogP contribution in [0.25, 0.3) is 16.9 Å². The fraction of sp³-hybridized carbons (Fsp3) is 0.276. The van der Waals surface area contributed by atoms with Crippen LogP contribution in [0.3, 0.4) is 0 Å². The highest BCUT2D eigenvalue weighted by atomic mass is 32.2. The third-order valence-corrected chi connectivity index (χ3v) is 9.18. The van der Waals surface area contributed by atoms with Crippen molar-refractivity contribution in [3.63, 3.8) is 0 Å². The number of hydrogen-bond donors (Lipinski definition) is 0. The number of carbonyl (C=O) groups is 1. The molecular weight excluding hydrogens is 472 g/mol. The molecule has 6 heteroatoms. The van der Waals surface area contributed by atoms with Crippen LogP contribution >= 0.6 is 23.1 Å². The number of rotatable bonds is 5. The predicted octanol–water partition coefficient (Wildman–Crippen LogP) is 6.61. The van der Waals surface area contributed by atoms with Crippen LogP contribution < -0.4 is 5.56 Å². The van der Waals surface area contributed by atoms with Crippen LogP contribution in [0.2, 0.25) is 0 Å². The molecule has 0 amide bonds. The number of hydrogen-bond acceptors (Lipinski definition) is 5. The average molecular weight is 499 g/mol. The van der Waals surface area contributed by atoms with Gasteiger partial charge in [-0.15, -0.1) is 11.3 Å². The van der Waals surface area contributed by atoms with Crippen LogP contribution in [-0.2, 0) is 11.8 Å². The van der Waals surface area contributed by atoms with Crippen molar-refractivity contribution < 1.29 is 4.79 Å². The van der Waals surface area contributed by atoms with Gasteiger partial charge in [0.2, 0.25) is 0 Å². The summed E-state index contributed by atoms with van der Waals surface area (Å²) in [5.74, 6) is 0.296. The molecule has 0 saturated heterocycles. The van der Waals surface area contributed by atoms with Crippen molar-refractivity contribution in [1.29, 1.82) is 0 Å². The van der Waals surface area contributed by atoms with Crippen LogP contribution in [0.1, 0.15) is 52.0 Å². The molecule has 2 aliphatic carbocycles. The number of Topliss-reactive ketones (excluding diaryl/α,β-unsaturated/α-hetero) is 1. The molecule has 2 aromatic carbocycles. The number of ketones is 1. The topological polar surface area (TPSA) is 52.0 Å². The first-order chi connectivity index (χ1) is 17.1. The van der Waals surface area contributed by atoms with Crippen molar-refractivity contribution in [2.45, 2.75) is 49.6 Å². The molecule has 35 heavy (non-hydrogen) atoms. The van der Waals surface area contributed by atoms with Crippen LogP contribution in [0.4, 0.5) is 0 Å². The zero-order chi connectivity index (χ0) is 24.0. The summed E-state index contributed by atoms with van der Waals surface area (Å²) in [6, 6.07) is 20.1. The molecule has 2 aromatic heterocycles. The molecule has 4 nitrogen and oxygen atoms in total. The molecule has 0 bridgehead atoms. The van der Waals surface area contributed by atoms with E-state index in [2.05, 4.69) is 18.2 Å². The predicted molar refractivity (Wildman–Crippen MR) is 143 cm³/mol. The van der Waals surface area contributed by atoms with Crippen molar-refractivity contribution in [3.05, 3.63) is 98.0 Å². The summed E-state index contributed by atoms with van der Waals surface area (Å²) < 4.78 is 1.76. The number of benzene rings is 2. The second-order valence-corrected chi connectivity index (χ2v) is 11.5. The normalized spacial score (nSPS) is 15.7. The minimum absolute atomic E-state index is 0.0167. The standard InChI is InChI=1S/C29H26N2O2S2/c1-19-8-6-10-21(16-19)31-27(33)25-26(30-28(31)35-18-23(32)24-12-7-15-34-24)22-11-3-2-9-20(22)17-29(25)13-4-5-14-29/h2-3,6-12,15-16H,4-5,13-14,17-18H2,1H3. The van der Waals surface area contributed by atoms with Gasteiger partial charge in [0.05, 0.1) is 27.6 Å². The third-order valence-electron chi connectivity index (χ3n) is 7.33. The lowest BCUT2D eigenvalue weighted by atomic mass is 9.68. The molecule has 2 aliphatic rings. The van der Waals surface area contributed by atoms with E-state index in [-0.39, 0.29) is 22.5 Å². The van der Waals surface area contributed by atoms with Crippen molar-refractivity contribution in [1.82, 2.24) is 9.55 Å². The van der Waals surface area contributed by atoms with Crippen molar-refractivity contribution in [2.75, 3.05) is 5.75 Å². The van der Waals surface area contributed by atoms with Gasteiger partial charge in [-0.1, -0.05) is 67.1 Å². The Morgan fingerprint density at radius 2 is 1.91 bits per heavy atom. The van der Waals surface area contributed by atoms with Crippen molar-refractivity contribution >= 4 is 28.9 Å². The van der Waals surface area contributed by atoms with Gasteiger partial charge in [-0.3, -0.25) is 14.2 Å². The Kier molecular flexibility index (Phi) is 5.73. The molecule has 2 heterocycles. The van der Waals surface area contributed by atoms with E-state index in [4.69, 9.17) is 4.98 Å². The maximum atomic E-state index is 14.4. The van der Waals surface area contributed by atoms with Gasteiger partial charge in [-0.05, 0) is 60.9 Å². The summed E-state index contributed by atoms with van der Waals surface area (Å²) in [5, 5.41) is 2.49. The lowest BCUT2D eigenvalue weighted by Gasteiger charge is -2.36. The molecule has 1 fully saturated rings. The summed E-state index contributed by atoms with van der Waals surface area (Å²) in [6.07, 6.45) is 5.20. The Morgan fingerprint density at radius 3 is 2.69 bits per heavy atom. The first-order valence-corrected chi connectivity index (χ1v) is 13.9. The summed E-state index contributed by atoms with van der Waals surface area (Å²) in [6.45, 7) is 2.03. The van der Waals surface area contributed by atoms with Crippen LogP contribution in [0, 0.1) is 6.92 Å². The molecule has 1 spiro atoms. The maximum absolute atomic E-state index is 14.4. The van der Waals surface area contributed by atoms with E-state index in [0.29, 0.717) is 5.16 Å². The molecule has 176 valence electrons. The third kappa shape index (κ3) is 3.89. The van der Waals surface area contributed by atoms with Crippen LogP contribution in [-0.4, -0.2) is 21.1 Å². The van der Waals surface area contributed by atoms with Gasteiger partial charge in [-0.25, -0.2) is 4.98 Å². The monoisotopic (exact) mass is 498 g/mol. The Labute approximate surface area is 213 Å². The minimum Gasteiger partial charge on any atom is -0.292 e. The number of thiophene rings is 1. The van der Waals surface area contributed by atoms with E-state index in [1.807, 2.05) is 54.8 Å². The Balaban J connectivity index is 1.56. The molecule has 0 radical (unpaired) electrons. The summed E-state index contributed by atoms with van der Waals surface area (Å²) >= 11 is 2.80. The van der Waals surface area contributed by atoms with Crippen LogP contribution in [0.15, 0.2) is 76.0 Å². The highest BCUT2D eigenvalue weighted by Crippen LogP contribution is 2.50. The van der Waals surface area contributed by atoms with E-state index in [0.717, 1.165) is 65.1 Å². The summed E-state index contributed by atoms with van der Waals surface area (Å²) in [4.78, 5) is 33.2. The van der Waals surface area contributed by atoms with Gasteiger partial charge in [0.15, 0.2) is 10.9 Å². The zero-order valence-electron chi connectivity index (χ0n) is 19.6. The molecule has 6 rings (SSSR count). The van der Waals surface area contributed by atoms with Crippen LogP contribution in [0.5, 0.6) is 0 Å². The molecule has 0 atom stereocenters. The van der Waals surface area contributed by atoms with E-state index in [9.17, 15) is 9.59 Å². The number of aromatic nitrogens is 2. The number of aryl methyl sites for hydroxylation is 1. The summed E-state index contributed by atoms with van der Waals surface area (Å²) in [7, 11) is 0. The highest BCUT2D eigenvalue weighted by Gasteiger charge is 2.44. The SMILES string of the molecule is Cc1cccc(-n2c(SCC(=O)c3cccs3)nc3c(c2=O)C2(CCCC2)Cc2ccccc2-3)c1. The van der Waals surface area contributed by atoms with Gasteiger partial charge in [0, 0.05) is 11.0 Å². The van der Waals surface area contributed by atoms with E-state index in [1.165, 1.54) is 28.7 Å². The highest BCUT2D eigenvalue weighted by molar-refractivity contribution is 7.99. The fourth-order valence-corrected chi connectivity index (χ4v) is 7.39. The quantitative estimate of drug-likeness (QED) is 0.176. The van der Waals surface area contributed by atoms with E-state index >= 15 is 0 Å². The number of nitrogens with zero attached hydrogens (tertiary/aromatic N) is 2. The fourth-order valence-electron chi connectivity index (χ4n) is 5.74. The largest absolute Gasteiger partial charge is 0.292 e. The number of fused-ring (bicyclic) bond motifs is 4. The Morgan fingerprint density at radius 1 is 1.09 bits per heavy atom. The molecule has 1 saturated carbocycles. The Bertz CT molecular complexity index is 1480. The van der Waals surface area contributed by atoms with Gasteiger partial charge in [-0.2, -0.15) is 0 Å². The average Bonchev–Trinajstić information content (AvgIpc) is 3.55. The van der Waals surface area contributed by atoms with Gasteiger partial charge in [0.25, 0.3) is 5.56 Å². The molecule has 0 aliphatic heterocycles. The first kappa shape index (κ1) is 22.5. The summed E-state index contributed by atoms with van der Waals surface area (Å²) in [5.41, 5.74) is 5.76. The molecule has 0 N–H and O–H groups in total. The van der Waals surface area contributed by atoms with Crippen molar-refractivity contribution in [2.24, 2.45) is 0 Å². The number of thioether (sulfide) groups is 1. The second-order valence-electron chi connectivity index (χ2n) is 9.61. The first-order valence-electron chi connectivity index (χ1n) is 12.1. The maximum Gasteiger partial charge on any atom is 0.263 e. The lowest BCUT2D eigenvalue weighted by molar-refractivity contribution is 0.102. The minimum atomic E-state index is -0.157. The van der Waals surface area contributed by atoms with Gasteiger partial charge in [0.1, 0.15) is 0 Å². The smallest absolute Gasteiger partial charge is 0.263 e. The van der Waals surface area contributed by atoms with Crippen molar-refractivity contribution in [3.8, 4) is 16.9 Å². The molecule has 4 aromatic rings. The second kappa shape index (κ2) is 8.92. The van der Waals surface area contributed by atoms with Gasteiger partial charge < -0.3 is 0 Å². The van der Waals surface area contributed by atoms with E-state index < -0.39 is 0 Å². The lowest BCUT2D eigenvalue weighted by Crippen LogP contribution is -2.40.